The van der Waals surface area contributed by atoms with E-state index in [1.165, 1.54) is 37.1 Å². The summed E-state index contributed by atoms with van der Waals surface area (Å²) in [6.45, 7) is 6.25. The molecule has 1 unspecified atom stereocenters. The highest BCUT2D eigenvalue weighted by Gasteiger charge is 2.17. The first kappa shape index (κ1) is 15.0. The molecule has 4 heteroatoms. The number of amides is 1. The van der Waals surface area contributed by atoms with Crippen LogP contribution >= 0.6 is 0 Å². The summed E-state index contributed by atoms with van der Waals surface area (Å²) in [4.78, 5) is 13.8. The first-order chi connectivity index (χ1) is 9.69. The molecule has 1 saturated heterocycles. The van der Waals surface area contributed by atoms with Crippen LogP contribution in [0, 0.1) is 5.92 Å². The van der Waals surface area contributed by atoms with Crippen molar-refractivity contribution in [2.24, 2.45) is 11.7 Å². The van der Waals surface area contributed by atoms with Gasteiger partial charge in [0.05, 0.1) is 6.54 Å². The van der Waals surface area contributed by atoms with Crippen LogP contribution in [0.4, 0.5) is 0 Å². The zero-order valence-corrected chi connectivity index (χ0v) is 12.3. The minimum absolute atomic E-state index is 0.0474. The lowest BCUT2D eigenvalue weighted by Gasteiger charge is -2.31. The average Bonchev–Trinajstić information content (AvgIpc) is 2.46. The van der Waals surface area contributed by atoms with Crippen molar-refractivity contribution in [1.82, 2.24) is 10.2 Å². The SMILES string of the molecule is CC1CCCN(Cc2ccccc2CNC(=O)CN)C1. The first-order valence-electron chi connectivity index (χ1n) is 7.45. The van der Waals surface area contributed by atoms with Crippen LogP contribution in [0.15, 0.2) is 24.3 Å². The Labute approximate surface area is 121 Å². The molecule has 4 nitrogen and oxygen atoms in total. The molecule has 1 aromatic rings. The van der Waals surface area contributed by atoms with Crippen molar-refractivity contribution in [3.8, 4) is 0 Å². The van der Waals surface area contributed by atoms with Crippen LogP contribution in [0.1, 0.15) is 30.9 Å². The Morgan fingerprint density at radius 1 is 1.40 bits per heavy atom. The third kappa shape index (κ3) is 4.32. The van der Waals surface area contributed by atoms with Gasteiger partial charge < -0.3 is 11.1 Å². The van der Waals surface area contributed by atoms with Gasteiger partial charge in [-0.15, -0.1) is 0 Å². The topological polar surface area (TPSA) is 58.4 Å². The Balaban J connectivity index is 1.98. The highest BCUT2D eigenvalue weighted by Crippen LogP contribution is 2.19. The van der Waals surface area contributed by atoms with Gasteiger partial charge in [-0.25, -0.2) is 0 Å². The minimum Gasteiger partial charge on any atom is -0.351 e. The minimum atomic E-state index is -0.105. The fraction of sp³-hybridized carbons (Fsp3) is 0.562. The molecule has 0 radical (unpaired) electrons. The predicted molar refractivity (Wildman–Crippen MR) is 81.0 cm³/mol. The number of nitrogens with two attached hydrogens (primary N) is 1. The molecule has 20 heavy (non-hydrogen) atoms. The molecule has 1 amide bonds. The third-order valence-electron chi connectivity index (χ3n) is 3.91. The highest BCUT2D eigenvalue weighted by molar-refractivity contribution is 5.77. The van der Waals surface area contributed by atoms with E-state index in [1.807, 2.05) is 6.07 Å². The number of nitrogens with zero attached hydrogens (tertiary/aromatic N) is 1. The molecule has 0 aromatic heterocycles. The van der Waals surface area contributed by atoms with E-state index in [4.69, 9.17) is 5.73 Å². The van der Waals surface area contributed by atoms with Crippen LogP contribution in [0.25, 0.3) is 0 Å². The summed E-state index contributed by atoms with van der Waals surface area (Å²) in [5, 5.41) is 2.85. The van der Waals surface area contributed by atoms with Crippen molar-refractivity contribution in [2.45, 2.75) is 32.9 Å². The van der Waals surface area contributed by atoms with Gasteiger partial charge >= 0.3 is 0 Å². The standard InChI is InChI=1S/C16H25N3O/c1-13-5-4-8-19(11-13)12-15-7-3-2-6-14(15)10-18-16(20)9-17/h2-3,6-7,13H,4-5,8-12,17H2,1H3,(H,18,20). The second-order valence-electron chi connectivity index (χ2n) is 5.73. The van der Waals surface area contributed by atoms with Gasteiger partial charge in [-0.2, -0.15) is 0 Å². The van der Waals surface area contributed by atoms with E-state index in [-0.39, 0.29) is 12.5 Å². The molecule has 0 saturated carbocycles. The van der Waals surface area contributed by atoms with Gasteiger partial charge in [-0.05, 0) is 36.4 Å². The zero-order chi connectivity index (χ0) is 14.4. The molecule has 1 aliphatic rings. The lowest BCUT2D eigenvalue weighted by molar-refractivity contribution is -0.119. The molecule has 1 atom stereocenters. The fourth-order valence-corrected chi connectivity index (χ4v) is 2.82. The molecular formula is C16H25N3O. The monoisotopic (exact) mass is 275 g/mol. The number of benzene rings is 1. The van der Waals surface area contributed by atoms with Crippen LogP contribution < -0.4 is 11.1 Å². The lowest BCUT2D eigenvalue weighted by Crippen LogP contribution is -2.34. The summed E-state index contributed by atoms with van der Waals surface area (Å²) in [5.41, 5.74) is 7.81. The highest BCUT2D eigenvalue weighted by atomic mass is 16.1. The number of carbonyl (C=O) groups excluding carboxylic acids is 1. The maximum absolute atomic E-state index is 11.3. The molecule has 0 aliphatic carbocycles. The van der Waals surface area contributed by atoms with E-state index in [9.17, 15) is 4.79 Å². The number of rotatable bonds is 5. The molecule has 1 aromatic carbocycles. The summed E-state index contributed by atoms with van der Waals surface area (Å²) in [5.74, 6) is 0.680. The predicted octanol–water partition coefficient (Wildman–Crippen LogP) is 1.49. The molecule has 3 N–H and O–H groups in total. The van der Waals surface area contributed by atoms with Crippen LogP contribution in [0.2, 0.25) is 0 Å². The second kappa shape index (κ2) is 7.41. The largest absolute Gasteiger partial charge is 0.351 e. The van der Waals surface area contributed by atoms with Gasteiger partial charge in [-0.3, -0.25) is 9.69 Å². The van der Waals surface area contributed by atoms with Crippen molar-refractivity contribution in [1.29, 1.82) is 0 Å². The summed E-state index contributed by atoms with van der Waals surface area (Å²) >= 11 is 0. The molecule has 1 aliphatic heterocycles. The van der Waals surface area contributed by atoms with E-state index in [0.29, 0.717) is 6.54 Å². The van der Waals surface area contributed by atoms with E-state index in [2.05, 4.69) is 35.3 Å². The van der Waals surface area contributed by atoms with Crippen molar-refractivity contribution in [3.05, 3.63) is 35.4 Å². The van der Waals surface area contributed by atoms with Crippen LogP contribution in [0.3, 0.4) is 0 Å². The van der Waals surface area contributed by atoms with Crippen molar-refractivity contribution in [3.63, 3.8) is 0 Å². The van der Waals surface area contributed by atoms with Gasteiger partial charge in [0.2, 0.25) is 5.91 Å². The lowest BCUT2D eigenvalue weighted by atomic mass is 9.99. The van der Waals surface area contributed by atoms with Crippen molar-refractivity contribution in [2.75, 3.05) is 19.6 Å². The number of carbonyl (C=O) groups is 1. The molecule has 2 rings (SSSR count). The van der Waals surface area contributed by atoms with E-state index < -0.39 is 0 Å². The first-order valence-corrected chi connectivity index (χ1v) is 7.45. The summed E-state index contributed by atoms with van der Waals surface area (Å²) in [6.07, 6.45) is 2.62. The number of hydrogen-bond acceptors (Lipinski definition) is 3. The Kier molecular flexibility index (Phi) is 5.56. The number of nitrogens with one attached hydrogen (secondary N) is 1. The van der Waals surface area contributed by atoms with Crippen LogP contribution in [-0.4, -0.2) is 30.4 Å². The third-order valence-corrected chi connectivity index (χ3v) is 3.91. The van der Waals surface area contributed by atoms with Gasteiger partial charge in [0, 0.05) is 19.6 Å². The van der Waals surface area contributed by atoms with Gasteiger partial charge in [-0.1, -0.05) is 31.2 Å². The van der Waals surface area contributed by atoms with Crippen molar-refractivity contribution < 1.29 is 4.79 Å². The molecule has 1 fully saturated rings. The maximum Gasteiger partial charge on any atom is 0.234 e. The molecule has 0 bridgehead atoms. The smallest absolute Gasteiger partial charge is 0.234 e. The Morgan fingerprint density at radius 3 is 2.85 bits per heavy atom. The summed E-state index contributed by atoms with van der Waals surface area (Å²) in [6, 6.07) is 8.33. The normalized spacial score (nSPS) is 19.8. The van der Waals surface area contributed by atoms with Crippen LogP contribution in [-0.2, 0) is 17.9 Å². The maximum atomic E-state index is 11.3. The van der Waals surface area contributed by atoms with Crippen LogP contribution in [0.5, 0.6) is 0 Å². The zero-order valence-electron chi connectivity index (χ0n) is 12.3. The van der Waals surface area contributed by atoms with Crippen molar-refractivity contribution >= 4 is 5.91 Å². The Morgan fingerprint density at radius 2 is 2.15 bits per heavy atom. The summed E-state index contributed by atoms with van der Waals surface area (Å²) < 4.78 is 0. The van der Waals surface area contributed by atoms with Gasteiger partial charge in [0.25, 0.3) is 0 Å². The molecule has 1 heterocycles. The van der Waals surface area contributed by atoms with Gasteiger partial charge in [0.15, 0.2) is 0 Å². The molecule has 110 valence electrons. The molecule has 0 spiro atoms. The fourth-order valence-electron chi connectivity index (χ4n) is 2.82. The van der Waals surface area contributed by atoms with Gasteiger partial charge in [0.1, 0.15) is 0 Å². The quantitative estimate of drug-likeness (QED) is 0.856. The van der Waals surface area contributed by atoms with E-state index >= 15 is 0 Å². The number of hydrogen-bond donors (Lipinski definition) is 2. The molecular weight excluding hydrogens is 250 g/mol. The summed E-state index contributed by atoms with van der Waals surface area (Å²) in [7, 11) is 0. The second-order valence-corrected chi connectivity index (χ2v) is 5.73. The Bertz CT molecular complexity index is 447. The number of piperidine rings is 1. The number of likely N-dealkylation sites (tertiary alicyclic amines) is 1. The van der Waals surface area contributed by atoms with E-state index in [0.717, 1.165) is 12.5 Å². The average molecular weight is 275 g/mol. The Hall–Kier alpha value is -1.39. The van der Waals surface area contributed by atoms with E-state index in [1.54, 1.807) is 0 Å².